The van der Waals surface area contributed by atoms with E-state index in [9.17, 15) is 23.1 Å². The maximum absolute atomic E-state index is 12.4. The van der Waals surface area contributed by atoms with Crippen molar-refractivity contribution in [2.75, 3.05) is 0 Å². The van der Waals surface area contributed by atoms with Crippen molar-refractivity contribution < 1.29 is 23.0 Å². The van der Waals surface area contributed by atoms with Crippen molar-refractivity contribution in [1.82, 2.24) is 19.7 Å². The van der Waals surface area contributed by atoms with Gasteiger partial charge in [-0.3, -0.25) is 4.79 Å². The Morgan fingerprint density at radius 3 is 2.43 bits per heavy atom. The van der Waals surface area contributed by atoms with Crippen molar-refractivity contribution in [3.8, 4) is 5.75 Å². The number of halogens is 3. The molecule has 1 atom stereocenters. The summed E-state index contributed by atoms with van der Waals surface area (Å²) in [6.07, 6.45) is -4.77. The van der Waals surface area contributed by atoms with E-state index in [1.807, 2.05) is 13.8 Å². The molecule has 0 saturated heterocycles. The van der Waals surface area contributed by atoms with Gasteiger partial charge in [0, 0.05) is 0 Å². The van der Waals surface area contributed by atoms with Crippen LogP contribution in [0.15, 0.2) is 29.1 Å². The number of hydrogen-bond donors (Lipinski definition) is 2. The molecule has 0 radical (unpaired) electrons. The molecule has 3 rings (SSSR count). The molecule has 150 valence electrons. The molecule has 0 fully saturated rings. The highest BCUT2D eigenvalue weighted by Gasteiger charge is 2.31. The van der Waals surface area contributed by atoms with Crippen LogP contribution in [0.4, 0.5) is 13.2 Å². The number of aromatic nitrogens is 4. The number of alkyl halides is 3. The van der Waals surface area contributed by atoms with E-state index in [-0.39, 0.29) is 22.7 Å². The molecule has 0 aliphatic rings. The average Bonchev–Trinajstić information content (AvgIpc) is 2.93. The third-order valence-electron chi connectivity index (χ3n) is 4.25. The smallest absolute Gasteiger partial charge is 0.406 e. The molecule has 28 heavy (non-hydrogen) atoms. The number of aryl methyl sites for hydroxylation is 1. The molecule has 0 aliphatic carbocycles. The molecule has 2 heterocycles. The molecule has 0 aliphatic heterocycles. The van der Waals surface area contributed by atoms with Crippen LogP contribution in [-0.2, 0) is 6.61 Å². The highest BCUT2D eigenvalue weighted by Crippen LogP contribution is 2.31. The number of aromatic amines is 1. The zero-order chi connectivity index (χ0) is 20.6. The zero-order valence-corrected chi connectivity index (χ0v) is 15.4. The van der Waals surface area contributed by atoms with Gasteiger partial charge in [-0.1, -0.05) is 26.0 Å². The summed E-state index contributed by atoms with van der Waals surface area (Å²) in [4.78, 5) is 19.3. The molecular formula is C18H19F3N4O3. The van der Waals surface area contributed by atoms with E-state index < -0.39 is 24.6 Å². The van der Waals surface area contributed by atoms with Gasteiger partial charge in [0.1, 0.15) is 22.7 Å². The monoisotopic (exact) mass is 396 g/mol. The van der Waals surface area contributed by atoms with Crippen molar-refractivity contribution in [3.05, 3.63) is 51.7 Å². The fourth-order valence-corrected chi connectivity index (χ4v) is 3.20. The molecule has 3 aromatic rings. The van der Waals surface area contributed by atoms with Gasteiger partial charge in [-0.05, 0) is 30.5 Å². The Morgan fingerprint density at radius 2 is 1.89 bits per heavy atom. The first-order valence-corrected chi connectivity index (χ1v) is 8.55. The van der Waals surface area contributed by atoms with Crippen LogP contribution in [0.3, 0.4) is 0 Å². The van der Waals surface area contributed by atoms with Gasteiger partial charge in [0.15, 0.2) is 5.65 Å². The predicted molar refractivity (Wildman–Crippen MR) is 94.9 cm³/mol. The Hall–Kier alpha value is -2.88. The zero-order valence-electron chi connectivity index (χ0n) is 15.4. The molecule has 2 aromatic heterocycles. The fraction of sp³-hybridized carbons (Fsp3) is 0.389. The molecule has 1 aromatic carbocycles. The number of aliphatic hydroxyl groups is 1. The van der Waals surface area contributed by atoms with Gasteiger partial charge in [0.2, 0.25) is 0 Å². The lowest BCUT2D eigenvalue weighted by molar-refractivity contribution is -0.274. The summed E-state index contributed by atoms with van der Waals surface area (Å²) in [5.41, 5.74) is 0.749. The molecule has 2 N–H and O–H groups in total. The summed E-state index contributed by atoms with van der Waals surface area (Å²) in [6, 6.07) is 5.05. The van der Waals surface area contributed by atoms with Crippen molar-refractivity contribution in [3.63, 3.8) is 0 Å². The highest BCUT2D eigenvalue weighted by atomic mass is 19.4. The topological polar surface area (TPSA) is 93.0 Å². The summed E-state index contributed by atoms with van der Waals surface area (Å²) in [6.45, 7) is 5.01. The summed E-state index contributed by atoms with van der Waals surface area (Å²) in [7, 11) is 0. The number of H-pyrrole nitrogens is 1. The SMILES string of the molecule is Cc1nc2c(c(CO)nn2[C@@H](c2ccc(OC(F)(F)F)cc2)C(C)C)c(=O)[nH]1. The minimum Gasteiger partial charge on any atom is -0.406 e. The summed E-state index contributed by atoms with van der Waals surface area (Å²) >= 11 is 0. The molecule has 0 saturated carbocycles. The Balaban J connectivity index is 2.12. The first kappa shape index (κ1) is 19.9. The predicted octanol–water partition coefficient (Wildman–Crippen LogP) is 3.06. The van der Waals surface area contributed by atoms with Gasteiger partial charge >= 0.3 is 6.36 Å². The Kier molecular flexibility index (Phi) is 5.16. The lowest BCUT2D eigenvalue weighted by Gasteiger charge is -2.23. The molecule has 0 bridgehead atoms. The second-order valence-electron chi connectivity index (χ2n) is 6.71. The van der Waals surface area contributed by atoms with Gasteiger partial charge in [-0.25, -0.2) is 9.67 Å². The maximum atomic E-state index is 12.4. The lowest BCUT2D eigenvalue weighted by atomic mass is 9.96. The largest absolute Gasteiger partial charge is 0.573 e. The molecule has 0 spiro atoms. The van der Waals surface area contributed by atoms with Crippen LogP contribution in [0.25, 0.3) is 11.0 Å². The van der Waals surface area contributed by atoms with Crippen LogP contribution in [0.1, 0.15) is 37.0 Å². The molecular weight excluding hydrogens is 377 g/mol. The molecule has 10 heteroatoms. The van der Waals surface area contributed by atoms with Crippen LogP contribution >= 0.6 is 0 Å². The number of rotatable bonds is 5. The van der Waals surface area contributed by atoms with Crippen molar-refractivity contribution in [2.24, 2.45) is 5.92 Å². The number of benzene rings is 1. The van der Waals surface area contributed by atoms with Crippen molar-refractivity contribution in [1.29, 1.82) is 0 Å². The van der Waals surface area contributed by atoms with Gasteiger partial charge in [0.05, 0.1) is 12.6 Å². The maximum Gasteiger partial charge on any atom is 0.573 e. The normalized spacial score (nSPS) is 13.3. The molecule has 0 amide bonds. The Bertz CT molecular complexity index is 1040. The van der Waals surface area contributed by atoms with Gasteiger partial charge in [0.25, 0.3) is 5.56 Å². The average molecular weight is 396 g/mol. The first-order valence-electron chi connectivity index (χ1n) is 8.55. The quantitative estimate of drug-likeness (QED) is 0.692. The van der Waals surface area contributed by atoms with E-state index >= 15 is 0 Å². The molecule has 7 nitrogen and oxygen atoms in total. The number of nitrogens with zero attached hydrogens (tertiary/aromatic N) is 3. The second kappa shape index (κ2) is 7.27. The van der Waals surface area contributed by atoms with E-state index in [4.69, 9.17) is 0 Å². The van der Waals surface area contributed by atoms with E-state index in [0.717, 1.165) is 0 Å². The first-order chi connectivity index (χ1) is 13.1. The number of nitrogens with one attached hydrogen (secondary N) is 1. The van der Waals surface area contributed by atoms with Gasteiger partial charge in [-0.2, -0.15) is 5.10 Å². The van der Waals surface area contributed by atoms with E-state index in [1.165, 1.54) is 28.9 Å². The lowest BCUT2D eigenvalue weighted by Crippen LogP contribution is -2.20. The summed E-state index contributed by atoms with van der Waals surface area (Å²) in [5.74, 6) is 0.0236. The number of fused-ring (bicyclic) bond motifs is 1. The highest BCUT2D eigenvalue weighted by molar-refractivity contribution is 5.77. The van der Waals surface area contributed by atoms with Crippen LogP contribution in [-0.4, -0.2) is 31.2 Å². The number of ether oxygens (including phenoxy) is 1. The van der Waals surface area contributed by atoms with E-state index in [0.29, 0.717) is 17.0 Å². The van der Waals surface area contributed by atoms with Crippen molar-refractivity contribution in [2.45, 2.75) is 39.8 Å². The minimum atomic E-state index is -4.77. The minimum absolute atomic E-state index is 0.0366. The Labute approximate surface area is 157 Å². The Morgan fingerprint density at radius 1 is 1.25 bits per heavy atom. The van der Waals surface area contributed by atoms with E-state index in [2.05, 4.69) is 19.8 Å². The number of hydrogen-bond acceptors (Lipinski definition) is 5. The van der Waals surface area contributed by atoms with Gasteiger partial charge < -0.3 is 14.8 Å². The standard InChI is InChI=1S/C18H19F3N4O3/c1-9(2)15(11-4-6-12(7-5-11)28-18(19,20)21)25-16-14(13(8-26)24-25)17(27)23-10(3)22-16/h4-7,9,15,26H,8H2,1-3H3,(H,22,23,27)/t15-/m1/s1. The van der Waals surface area contributed by atoms with Crippen LogP contribution in [0, 0.1) is 12.8 Å². The summed E-state index contributed by atoms with van der Waals surface area (Å²) in [5, 5.41) is 14.2. The summed E-state index contributed by atoms with van der Waals surface area (Å²) < 4.78 is 42.6. The van der Waals surface area contributed by atoms with Crippen LogP contribution in [0.2, 0.25) is 0 Å². The molecule has 0 unspecified atom stereocenters. The fourth-order valence-electron chi connectivity index (χ4n) is 3.20. The third-order valence-corrected chi connectivity index (χ3v) is 4.25. The van der Waals surface area contributed by atoms with Gasteiger partial charge in [-0.15, -0.1) is 13.2 Å². The third kappa shape index (κ3) is 3.86. The van der Waals surface area contributed by atoms with Crippen molar-refractivity contribution >= 4 is 11.0 Å². The number of aliphatic hydroxyl groups excluding tert-OH is 1. The second-order valence-corrected chi connectivity index (χ2v) is 6.71. The van der Waals surface area contributed by atoms with Crippen LogP contribution in [0.5, 0.6) is 5.75 Å². The van der Waals surface area contributed by atoms with Crippen LogP contribution < -0.4 is 10.3 Å². The van der Waals surface area contributed by atoms with E-state index in [1.54, 1.807) is 6.92 Å².